The SMILES string of the molecule is Fc1cc(CNc2cccc(-n3cccn3)c2)ccc1Cl. The van der Waals surface area contributed by atoms with Crippen LogP contribution in [0.4, 0.5) is 10.1 Å². The molecule has 0 saturated heterocycles. The van der Waals surface area contributed by atoms with Crippen LogP contribution in [0.5, 0.6) is 0 Å². The molecule has 0 amide bonds. The zero-order valence-electron chi connectivity index (χ0n) is 11.1. The Morgan fingerprint density at radius 3 is 2.81 bits per heavy atom. The van der Waals surface area contributed by atoms with E-state index in [1.165, 1.54) is 6.07 Å². The predicted octanol–water partition coefficient (Wildman–Crippen LogP) is 4.28. The fourth-order valence-electron chi connectivity index (χ4n) is 2.03. The highest BCUT2D eigenvalue weighted by atomic mass is 35.5. The molecule has 5 heteroatoms. The predicted molar refractivity (Wildman–Crippen MR) is 82.3 cm³/mol. The summed E-state index contributed by atoms with van der Waals surface area (Å²) in [5.41, 5.74) is 2.74. The fourth-order valence-corrected chi connectivity index (χ4v) is 2.15. The number of benzene rings is 2. The molecular weight excluding hydrogens is 289 g/mol. The van der Waals surface area contributed by atoms with Gasteiger partial charge in [0.1, 0.15) is 5.82 Å². The van der Waals surface area contributed by atoms with Crippen molar-refractivity contribution in [1.82, 2.24) is 9.78 Å². The van der Waals surface area contributed by atoms with Crippen LogP contribution in [0.1, 0.15) is 5.56 Å². The molecule has 0 atom stereocenters. The summed E-state index contributed by atoms with van der Waals surface area (Å²) in [7, 11) is 0. The van der Waals surface area contributed by atoms with Crippen LogP contribution < -0.4 is 5.32 Å². The van der Waals surface area contributed by atoms with Crippen molar-refractivity contribution < 1.29 is 4.39 Å². The van der Waals surface area contributed by atoms with Crippen LogP contribution in [0.25, 0.3) is 5.69 Å². The third-order valence-electron chi connectivity index (χ3n) is 3.10. The molecule has 1 N–H and O–H groups in total. The first kappa shape index (κ1) is 13.6. The molecule has 0 saturated carbocycles. The summed E-state index contributed by atoms with van der Waals surface area (Å²) in [4.78, 5) is 0. The number of nitrogens with one attached hydrogen (secondary N) is 1. The molecule has 0 spiro atoms. The third kappa shape index (κ3) is 3.23. The van der Waals surface area contributed by atoms with Crippen molar-refractivity contribution in [1.29, 1.82) is 0 Å². The molecule has 2 aromatic carbocycles. The minimum Gasteiger partial charge on any atom is -0.381 e. The summed E-state index contributed by atoms with van der Waals surface area (Å²) < 4.78 is 15.2. The van der Waals surface area contributed by atoms with E-state index in [-0.39, 0.29) is 5.02 Å². The lowest BCUT2D eigenvalue weighted by Crippen LogP contribution is -2.01. The molecule has 3 rings (SSSR count). The maximum Gasteiger partial charge on any atom is 0.142 e. The van der Waals surface area contributed by atoms with E-state index in [1.807, 2.05) is 36.5 Å². The number of hydrogen-bond donors (Lipinski definition) is 1. The Hall–Kier alpha value is -2.33. The summed E-state index contributed by atoms with van der Waals surface area (Å²) in [6, 6.07) is 14.5. The largest absolute Gasteiger partial charge is 0.381 e. The monoisotopic (exact) mass is 301 g/mol. The van der Waals surface area contributed by atoms with Crippen LogP contribution in [-0.4, -0.2) is 9.78 Å². The molecular formula is C16H13ClFN3. The first-order valence-electron chi connectivity index (χ1n) is 6.50. The lowest BCUT2D eigenvalue weighted by Gasteiger charge is -2.09. The van der Waals surface area contributed by atoms with Crippen LogP contribution >= 0.6 is 11.6 Å². The van der Waals surface area contributed by atoms with Crippen molar-refractivity contribution in [3.05, 3.63) is 77.3 Å². The van der Waals surface area contributed by atoms with E-state index in [1.54, 1.807) is 23.0 Å². The van der Waals surface area contributed by atoms with Gasteiger partial charge in [-0.2, -0.15) is 5.10 Å². The summed E-state index contributed by atoms with van der Waals surface area (Å²) in [5.74, 6) is -0.402. The van der Waals surface area contributed by atoms with E-state index in [0.29, 0.717) is 6.54 Å². The van der Waals surface area contributed by atoms with E-state index in [0.717, 1.165) is 16.9 Å². The highest BCUT2D eigenvalue weighted by Gasteiger charge is 2.02. The third-order valence-corrected chi connectivity index (χ3v) is 3.40. The molecule has 3 nitrogen and oxygen atoms in total. The topological polar surface area (TPSA) is 29.9 Å². The number of aromatic nitrogens is 2. The maximum atomic E-state index is 13.4. The average molecular weight is 302 g/mol. The first-order chi connectivity index (χ1) is 10.2. The average Bonchev–Trinajstić information content (AvgIpc) is 3.03. The van der Waals surface area contributed by atoms with Gasteiger partial charge in [0.2, 0.25) is 0 Å². The van der Waals surface area contributed by atoms with Crippen LogP contribution in [0.15, 0.2) is 60.9 Å². The maximum absolute atomic E-state index is 13.4. The van der Waals surface area contributed by atoms with E-state index in [9.17, 15) is 4.39 Å². The second-order valence-electron chi connectivity index (χ2n) is 4.60. The van der Waals surface area contributed by atoms with E-state index in [4.69, 9.17) is 11.6 Å². The van der Waals surface area contributed by atoms with Crippen molar-refractivity contribution in [2.75, 3.05) is 5.32 Å². The molecule has 0 bridgehead atoms. The molecule has 1 heterocycles. The minimum absolute atomic E-state index is 0.138. The van der Waals surface area contributed by atoms with Crippen molar-refractivity contribution in [2.24, 2.45) is 0 Å². The molecule has 3 aromatic rings. The lowest BCUT2D eigenvalue weighted by atomic mass is 10.2. The number of hydrogen-bond acceptors (Lipinski definition) is 2. The molecule has 106 valence electrons. The quantitative estimate of drug-likeness (QED) is 0.779. The van der Waals surface area contributed by atoms with Gasteiger partial charge < -0.3 is 5.32 Å². The number of halogens is 2. The van der Waals surface area contributed by atoms with Gasteiger partial charge in [-0.25, -0.2) is 9.07 Å². The highest BCUT2D eigenvalue weighted by molar-refractivity contribution is 6.30. The zero-order valence-corrected chi connectivity index (χ0v) is 11.9. The lowest BCUT2D eigenvalue weighted by molar-refractivity contribution is 0.626. The van der Waals surface area contributed by atoms with Crippen molar-refractivity contribution in [3.63, 3.8) is 0 Å². The standard InChI is InChI=1S/C16H13ClFN3/c17-15-6-5-12(9-16(15)18)11-19-13-3-1-4-14(10-13)21-8-2-7-20-21/h1-10,19H,11H2. The van der Waals surface area contributed by atoms with Gasteiger partial charge in [-0.05, 0) is 42.0 Å². The second kappa shape index (κ2) is 5.97. The van der Waals surface area contributed by atoms with Crippen molar-refractivity contribution in [3.8, 4) is 5.69 Å². The number of anilines is 1. The molecule has 1 aromatic heterocycles. The minimum atomic E-state index is -0.402. The van der Waals surface area contributed by atoms with Crippen LogP contribution in [0, 0.1) is 5.82 Å². The normalized spacial score (nSPS) is 10.6. The highest BCUT2D eigenvalue weighted by Crippen LogP contribution is 2.18. The summed E-state index contributed by atoms with van der Waals surface area (Å²) in [6.07, 6.45) is 3.62. The van der Waals surface area contributed by atoms with Gasteiger partial charge in [0, 0.05) is 24.6 Å². The van der Waals surface area contributed by atoms with Gasteiger partial charge >= 0.3 is 0 Å². The molecule has 0 radical (unpaired) electrons. The van der Waals surface area contributed by atoms with E-state index >= 15 is 0 Å². The van der Waals surface area contributed by atoms with Crippen molar-refractivity contribution in [2.45, 2.75) is 6.54 Å². The Morgan fingerprint density at radius 2 is 2.05 bits per heavy atom. The zero-order chi connectivity index (χ0) is 14.7. The second-order valence-corrected chi connectivity index (χ2v) is 5.01. The molecule has 0 fully saturated rings. The number of rotatable bonds is 4. The number of nitrogens with zero attached hydrogens (tertiary/aromatic N) is 2. The van der Waals surface area contributed by atoms with Gasteiger partial charge in [0.25, 0.3) is 0 Å². The van der Waals surface area contributed by atoms with Gasteiger partial charge in [-0.15, -0.1) is 0 Å². The van der Waals surface area contributed by atoms with E-state index in [2.05, 4.69) is 10.4 Å². The molecule has 0 unspecified atom stereocenters. The molecule has 0 aliphatic heterocycles. The van der Waals surface area contributed by atoms with Crippen LogP contribution in [-0.2, 0) is 6.54 Å². The smallest absolute Gasteiger partial charge is 0.142 e. The Balaban J connectivity index is 1.73. The van der Waals surface area contributed by atoms with Crippen LogP contribution in [0.2, 0.25) is 5.02 Å². The van der Waals surface area contributed by atoms with E-state index < -0.39 is 5.82 Å². The summed E-state index contributed by atoms with van der Waals surface area (Å²) >= 11 is 5.67. The Morgan fingerprint density at radius 1 is 1.14 bits per heavy atom. The van der Waals surface area contributed by atoms with Gasteiger partial charge in [0.05, 0.1) is 10.7 Å². The Labute approximate surface area is 127 Å². The van der Waals surface area contributed by atoms with Crippen LogP contribution in [0.3, 0.4) is 0 Å². The van der Waals surface area contributed by atoms with Gasteiger partial charge in [0.15, 0.2) is 0 Å². The van der Waals surface area contributed by atoms with Crippen molar-refractivity contribution >= 4 is 17.3 Å². The van der Waals surface area contributed by atoms with Gasteiger partial charge in [-0.3, -0.25) is 0 Å². The summed E-state index contributed by atoms with van der Waals surface area (Å²) in [6.45, 7) is 0.524. The summed E-state index contributed by atoms with van der Waals surface area (Å²) in [5, 5.41) is 7.59. The molecule has 0 aliphatic carbocycles. The molecule has 21 heavy (non-hydrogen) atoms. The fraction of sp³-hybridized carbons (Fsp3) is 0.0625. The van der Waals surface area contributed by atoms with Gasteiger partial charge in [-0.1, -0.05) is 23.7 Å². The Bertz CT molecular complexity index is 741. The molecule has 0 aliphatic rings. The Kier molecular flexibility index (Phi) is 3.88. The first-order valence-corrected chi connectivity index (χ1v) is 6.88.